The highest BCUT2D eigenvalue weighted by Crippen LogP contribution is 2.23. The van der Waals surface area contributed by atoms with Gasteiger partial charge in [-0.2, -0.15) is 5.26 Å². The van der Waals surface area contributed by atoms with Gasteiger partial charge in [-0.15, -0.1) is 0 Å². The number of nitrogens with zero attached hydrogens (tertiary/aromatic N) is 3. The fourth-order valence-corrected chi connectivity index (χ4v) is 2.99. The molecule has 0 aromatic carbocycles. The maximum Gasteiger partial charge on any atom is 0.200 e. The van der Waals surface area contributed by atoms with Crippen LogP contribution in [-0.2, 0) is 0 Å². The van der Waals surface area contributed by atoms with E-state index >= 15 is 0 Å². The summed E-state index contributed by atoms with van der Waals surface area (Å²) in [6, 6.07) is 7.61. The number of aliphatic hydroxyl groups excluding tert-OH is 1. The summed E-state index contributed by atoms with van der Waals surface area (Å²) >= 11 is 0. The molecule has 0 radical (unpaired) electrons. The minimum atomic E-state index is -0.402. The maximum absolute atomic E-state index is 10.1. The summed E-state index contributed by atoms with van der Waals surface area (Å²) in [6.07, 6.45) is 6.87. The number of rotatable bonds is 2. The van der Waals surface area contributed by atoms with Crippen LogP contribution in [-0.4, -0.2) is 28.2 Å². The van der Waals surface area contributed by atoms with Crippen LogP contribution < -0.4 is 10.6 Å². The van der Waals surface area contributed by atoms with Gasteiger partial charge in [0.05, 0.1) is 23.5 Å². The zero-order valence-electron chi connectivity index (χ0n) is 13.7. The molecule has 124 valence electrons. The first-order valence-corrected chi connectivity index (χ1v) is 8.21. The van der Waals surface area contributed by atoms with E-state index in [0.717, 1.165) is 31.3 Å². The molecule has 1 aromatic heterocycles. The third-order valence-corrected chi connectivity index (χ3v) is 4.33. The van der Waals surface area contributed by atoms with Gasteiger partial charge in [0, 0.05) is 12.4 Å². The van der Waals surface area contributed by atoms with E-state index in [0.29, 0.717) is 22.9 Å². The summed E-state index contributed by atoms with van der Waals surface area (Å²) in [7, 11) is 0. The van der Waals surface area contributed by atoms with Crippen molar-refractivity contribution in [3.8, 4) is 6.07 Å². The van der Waals surface area contributed by atoms with Crippen molar-refractivity contribution >= 4 is 11.5 Å². The van der Waals surface area contributed by atoms with Crippen LogP contribution in [0.4, 0.5) is 0 Å². The van der Waals surface area contributed by atoms with Crippen molar-refractivity contribution < 1.29 is 5.11 Å². The number of aliphatic imine (C=N–C) groups is 1. The number of nitrogens with one attached hydrogen (secondary N) is 2. The first kappa shape index (κ1) is 16.2. The molecule has 0 amide bonds. The minimum absolute atomic E-state index is 0.109. The Labute approximate surface area is 141 Å². The van der Waals surface area contributed by atoms with Crippen LogP contribution in [0.25, 0.3) is 5.57 Å². The van der Waals surface area contributed by atoms with Gasteiger partial charge in [0.15, 0.2) is 5.96 Å². The summed E-state index contributed by atoms with van der Waals surface area (Å²) in [5, 5.41) is 26.0. The Morgan fingerprint density at radius 1 is 1.38 bits per heavy atom. The summed E-state index contributed by atoms with van der Waals surface area (Å²) in [5.74, 6) is 0.560. The molecule has 1 aromatic rings. The number of guanidine groups is 1. The normalized spacial score (nSPS) is 27.5. The molecule has 6 heteroatoms. The Hall–Kier alpha value is -2.65. The largest absolute Gasteiger partial charge is 0.391 e. The molecule has 1 fully saturated rings. The average Bonchev–Trinajstić information content (AvgIpc) is 2.61. The van der Waals surface area contributed by atoms with Crippen molar-refractivity contribution in [3.05, 3.63) is 47.6 Å². The van der Waals surface area contributed by atoms with Crippen molar-refractivity contribution in [1.29, 1.82) is 5.26 Å². The Kier molecular flexibility index (Phi) is 4.92. The lowest BCUT2D eigenvalue weighted by molar-refractivity contribution is 0.109. The SMILES string of the molecule is CC1=CNC(=N[C@H]2CCCC[C@@H]2O)N/C1=C(\C#N)c1ccccn1. The molecule has 6 nitrogen and oxygen atoms in total. The molecule has 1 aliphatic carbocycles. The number of pyridine rings is 1. The van der Waals surface area contributed by atoms with Crippen molar-refractivity contribution in [2.45, 2.75) is 44.8 Å². The lowest BCUT2D eigenvalue weighted by atomic mass is 9.93. The van der Waals surface area contributed by atoms with Crippen molar-refractivity contribution in [2.24, 2.45) is 4.99 Å². The van der Waals surface area contributed by atoms with Gasteiger partial charge in [0.1, 0.15) is 11.6 Å². The molecule has 0 unspecified atom stereocenters. The highest BCUT2D eigenvalue weighted by molar-refractivity contribution is 5.91. The highest BCUT2D eigenvalue weighted by Gasteiger charge is 2.24. The van der Waals surface area contributed by atoms with E-state index in [9.17, 15) is 10.4 Å². The fourth-order valence-electron chi connectivity index (χ4n) is 2.99. The fraction of sp³-hybridized carbons (Fsp3) is 0.389. The summed E-state index contributed by atoms with van der Waals surface area (Å²) < 4.78 is 0. The quantitative estimate of drug-likeness (QED) is 0.725. The lowest BCUT2D eigenvalue weighted by Gasteiger charge is -2.27. The van der Waals surface area contributed by atoms with Crippen LogP contribution in [0.15, 0.2) is 46.9 Å². The predicted molar refractivity (Wildman–Crippen MR) is 92.5 cm³/mol. The van der Waals surface area contributed by atoms with Gasteiger partial charge in [0.25, 0.3) is 0 Å². The van der Waals surface area contributed by atoms with E-state index in [1.54, 1.807) is 6.20 Å². The summed E-state index contributed by atoms with van der Waals surface area (Å²) in [4.78, 5) is 8.87. The second-order valence-corrected chi connectivity index (χ2v) is 6.07. The second kappa shape index (κ2) is 7.28. The van der Waals surface area contributed by atoms with Gasteiger partial charge >= 0.3 is 0 Å². The molecular formula is C18H21N5O. The first-order valence-electron chi connectivity index (χ1n) is 8.21. The van der Waals surface area contributed by atoms with E-state index in [-0.39, 0.29) is 6.04 Å². The minimum Gasteiger partial charge on any atom is -0.391 e. The van der Waals surface area contributed by atoms with Crippen molar-refractivity contribution in [3.63, 3.8) is 0 Å². The van der Waals surface area contributed by atoms with Gasteiger partial charge in [0.2, 0.25) is 0 Å². The summed E-state index contributed by atoms with van der Waals surface area (Å²) in [5.41, 5.74) is 2.69. The molecule has 1 saturated carbocycles. The zero-order valence-corrected chi connectivity index (χ0v) is 13.7. The van der Waals surface area contributed by atoms with Gasteiger partial charge in [-0.05, 0) is 37.5 Å². The standard InChI is InChI=1S/C18H21N5O/c1-12-11-21-18(22-15-7-2-3-8-16(15)24)23-17(12)13(10-19)14-6-4-5-9-20-14/h4-6,9,11,15-16,24H,2-3,7-8H2,1H3,(H2,21,22,23)/b17-13+/t15-,16-/m0/s1. The van der Waals surface area contributed by atoms with E-state index < -0.39 is 6.10 Å². The van der Waals surface area contributed by atoms with Crippen molar-refractivity contribution in [1.82, 2.24) is 15.6 Å². The van der Waals surface area contributed by atoms with Gasteiger partial charge in [-0.25, -0.2) is 4.99 Å². The Balaban J connectivity index is 1.92. The van der Waals surface area contributed by atoms with Crippen LogP contribution >= 0.6 is 0 Å². The number of hydrogen-bond acceptors (Lipinski definition) is 4. The third kappa shape index (κ3) is 3.47. The van der Waals surface area contributed by atoms with Gasteiger partial charge in [-0.3, -0.25) is 4.98 Å². The van der Waals surface area contributed by atoms with Crippen LogP contribution in [0.5, 0.6) is 0 Å². The van der Waals surface area contributed by atoms with Gasteiger partial charge in [-0.1, -0.05) is 18.9 Å². The number of aromatic nitrogens is 1. The number of aliphatic hydroxyl groups is 1. The Morgan fingerprint density at radius 3 is 2.92 bits per heavy atom. The molecule has 2 atom stereocenters. The lowest BCUT2D eigenvalue weighted by Crippen LogP contribution is -2.41. The van der Waals surface area contributed by atoms with E-state index in [1.165, 1.54) is 0 Å². The van der Waals surface area contributed by atoms with Crippen LogP contribution in [0.1, 0.15) is 38.3 Å². The Morgan fingerprint density at radius 2 is 2.21 bits per heavy atom. The molecule has 3 rings (SSSR count). The highest BCUT2D eigenvalue weighted by atomic mass is 16.3. The van der Waals surface area contributed by atoms with Gasteiger partial charge < -0.3 is 15.7 Å². The van der Waals surface area contributed by atoms with Crippen LogP contribution in [0, 0.1) is 11.3 Å². The molecule has 3 N–H and O–H groups in total. The summed E-state index contributed by atoms with van der Waals surface area (Å²) in [6.45, 7) is 1.92. The maximum atomic E-state index is 10.1. The number of nitriles is 1. The van der Waals surface area contributed by atoms with E-state index in [1.807, 2.05) is 31.3 Å². The zero-order chi connectivity index (χ0) is 16.9. The monoisotopic (exact) mass is 323 g/mol. The molecule has 0 bridgehead atoms. The van der Waals surface area contributed by atoms with Crippen LogP contribution in [0.3, 0.4) is 0 Å². The average molecular weight is 323 g/mol. The predicted octanol–water partition coefficient (Wildman–Crippen LogP) is 2.07. The first-order chi connectivity index (χ1) is 11.7. The second-order valence-electron chi connectivity index (χ2n) is 6.07. The van der Waals surface area contributed by atoms with Crippen molar-refractivity contribution in [2.75, 3.05) is 0 Å². The molecule has 0 saturated heterocycles. The number of hydrogen-bond donors (Lipinski definition) is 3. The third-order valence-electron chi connectivity index (χ3n) is 4.33. The Bertz CT molecular complexity index is 730. The van der Waals surface area contributed by atoms with Crippen LogP contribution in [0.2, 0.25) is 0 Å². The molecule has 0 spiro atoms. The molecular weight excluding hydrogens is 302 g/mol. The number of allylic oxidation sites excluding steroid dienone is 2. The molecule has 1 aliphatic heterocycles. The van der Waals surface area contributed by atoms with E-state index in [4.69, 9.17) is 0 Å². The molecule has 2 aliphatic rings. The molecule has 24 heavy (non-hydrogen) atoms. The molecule has 2 heterocycles. The topological polar surface area (TPSA) is 93.3 Å². The smallest absolute Gasteiger partial charge is 0.200 e. The van der Waals surface area contributed by atoms with E-state index in [2.05, 4.69) is 26.7 Å².